The lowest BCUT2D eigenvalue weighted by Crippen LogP contribution is -2.39. The van der Waals surface area contributed by atoms with Gasteiger partial charge in [-0.1, -0.05) is 18.2 Å². The Morgan fingerprint density at radius 3 is 3.10 bits per heavy atom. The Balaban J connectivity index is 1.46. The van der Waals surface area contributed by atoms with E-state index in [0.29, 0.717) is 18.5 Å². The quantitative estimate of drug-likeness (QED) is 0.866. The maximum Gasteiger partial charge on any atom is 0.221 e. The third-order valence-electron chi connectivity index (χ3n) is 4.62. The number of amides is 1. The van der Waals surface area contributed by atoms with Crippen molar-refractivity contribution in [1.82, 2.24) is 10.6 Å². The van der Waals surface area contributed by atoms with Gasteiger partial charge in [-0.05, 0) is 44.4 Å². The molecule has 3 rings (SSSR count). The van der Waals surface area contributed by atoms with Gasteiger partial charge in [-0.25, -0.2) is 0 Å². The topological polar surface area (TPSA) is 44.4 Å². The number of para-hydroxylation sites is 1. The molecule has 0 spiro atoms. The first kappa shape index (κ1) is 14.4. The van der Waals surface area contributed by atoms with Crippen molar-refractivity contribution in [3.05, 3.63) is 29.8 Å². The molecule has 114 valence electrons. The fraction of sp³-hybridized carbons (Fsp3) is 0.588. The molecular weight excluding hydrogens is 262 g/mol. The minimum atomic E-state index is 0.175. The molecule has 1 fully saturated rings. The normalized spacial score (nSPS) is 24.1. The van der Waals surface area contributed by atoms with Crippen LogP contribution in [-0.4, -0.2) is 37.6 Å². The molecule has 0 bridgehead atoms. The van der Waals surface area contributed by atoms with Crippen LogP contribution in [0.1, 0.15) is 31.7 Å². The number of benzene rings is 1. The maximum atomic E-state index is 11.9. The lowest BCUT2D eigenvalue weighted by atomic mass is 10.1. The summed E-state index contributed by atoms with van der Waals surface area (Å²) in [4.78, 5) is 14.3. The summed E-state index contributed by atoms with van der Waals surface area (Å²) in [6.45, 7) is 4.93. The molecule has 1 amide bonds. The maximum absolute atomic E-state index is 11.9. The summed E-state index contributed by atoms with van der Waals surface area (Å²) < 4.78 is 0. The van der Waals surface area contributed by atoms with Crippen LogP contribution in [0.5, 0.6) is 0 Å². The molecule has 21 heavy (non-hydrogen) atoms. The van der Waals surface area contributed by atoms with Crippen LogP contribution >= 0.6 is 0 Å². The fourth-order valence-electron chi connectivity index (χ4n) is 3.51. The van der Waals surface area contributed by atoms with Crippen LogP contribution in [0.25, 0.3) is 0 Å². The predicted molar refractivity (Wildman–Crippen MR) is 85.6 cm³/mol. The van der Waals surface area contributed by atoms with Gasteiger partial charge in [0.1, 0.15) is 0 Å². The highest BCUT2D eigenvalue weighted by Crippen LogP contribution is 2.31. The van der Waals surface area contributed by atoms with Gasteiger partial charge in [0.15, 0.2) is 0 Å². The van der Waals surface area contributed by atoms with E-state index in [-0.39, 0.29) is 5.91 Å². The molecule has 0 radical (unpaired) electrons. The van der Waals surface area contributed by atoms with E-state index in [4.69, 9.17) is 0 Å². The molecule has 1 aromatic carbocycles. The monoisotopic (exact) mass is 287 g/mol. The number of carbonyl (C=O) groups is 1. The molecule has 2 heterocycles. The number of anilines is 1. The molecule has 1 saturated heterocycles. The van der Waals surface area contributed by atoms with Gasteiger partial charge in [-0.15, -0.1) is 0 Å². The summed E-state index contributed by atoms with van der Waals surface area (Å²) in [5, 5.41) is 6.44. The van der Waals surface area contributed by atoms with Crippen LogP contribution in [0, 0.1) is 0 Å². The molecule has 0 saturated carbocycles. The Hall–Kier alpha value is -1.55. The largest absolute Gasteiger partial charge is 0.367 e. The van der Waals surface area contributed by atoms with Gasteiger partial charge in [0.25, 0.3) is 0 Å². The SMILES string of the molecule is CC1Cc2ccccc2N1CCNC(=O)CC1CCCN1. The Labute approximate surface area is 126 Å². The first-order valence-electron chi connectivity index (χ1n) is 8.08. The predicted octanol–water partition coefficient (Wildman–Crippen LogP) is 1.70. The number of hydrogen-bond donors (Lipinski definition) is 2. The van der Waals surface area contributed by atoms with Crippen molar-refractivity contribution in [2.45, 2.75) is 44.7 Å². The smallest absolute Gasteiger partial charge is 0.221 e. The summed E-state index contributed by atoms with van der Waals surface area (Å²) in [7, 11) is 0. The Morgan fingerprint density at radius 2 is 2.29 bits per heavy atom. The second kappa shape index (κ2) is 6.48. The highest BCUT2D eigenvalue weighted by atomic mass is 16.1. The zero-order chi connectivity index (χ0) is 14.7. The lowest BCUT2D eigenvalue weighted by molar-refractivity contribution is -0.121. The summed E-state index contributed by atoms with van der Waals surface area (Å²) in [5.41, 5.74) is 2.75. The third kappa shape index (κ3) is 3.38. The average molecular weight is 287 g/mol. The van der Waals surface area contributed by atoms with E-state index in [2.05, 4.69) is 46.7 Å². The number of hydrogen-bond acceptors (Lipinski definition) is 3. The van der Waals surface area contributed by atoms with E-state index >= 15 is 0 Å². The van der Waals surface area contributed by atoms with Crippen molar-refractivity contribution in [3.8, 4) is 0 Å². The van der Waals surface area contributed by atoms with Gasteiger partial charge >= 0.3 is 0 Å². The zero-order valence-electron chi connectivity index (χ0n) is 12.8. The van der Waals surface area contributed by atoms with E-state index in [9.17, 15) is 4.79 Å². The second-order valence-corrected chi connectivity index (χ2v) is 6.22. The highest BCUT2D eigenvalue weighted by molar-refractivity contribution is 5.76. The van der Waals surface area contributed by atoms with E-state index in [1.807, 2.05) is 0 Å². The summed E-state index contributed by atoms with van der Waals surface area (Å²) in [6.07, 6.45) is 4.05. The van der Waals surface area contributed by atoms with Crippen molar-refractivity contribution in [2.75, 3.05) is 24.5 Å². The van der Waals surface area contributed by atoms with E-state index in [0.717, 1.165) is 32.5 Å². The van der Waals surface area contributed by atoms with Crippen molar-refractivity contribution >= 4 is 11.6 Å². The van der Waals surface area contributed by atoms with Crippen LogP contribution in [-0.2, 0) is 11.2 Å². The fourth-order valence-corrected chi connectivity index (χ4v) is 3.51. The molecule has 0 aromatic heterocycles. The van der Waals surface area contributed by atoms with Crippen molar-refractivity contribution in [2.24, 2.45) is 0 Å². The highest BCUT2D eigenvalue weighted by Gasteiger charge is 2.25. The van der Waals surface area contributed by atoms with Crippen LogP contribution < -0.4 is 15.5 Å². The van der Waals surface area contributed by atoms with Crippen LogP contribution in [0.4, 0.5) is 5.69 Å². The number of fused-ring (bicyclic) bond motifs is 1. The van der Waals surface area contributed by atoms with Crippen LogP contribution in [0.2, 0.25) is 0 Å². The van der Waals surface area contributed by atoms with Crippen LogP contribution in [0.3, 0.4) is 0 Å². The first-order valence-corrected chi connectivity index (χ1v) is 8.08. The van der Waals surface area contributed by atoms with Crippen LogP contribution in [0.15, 0.2) is 24.3 Å². The van der Waals surface area contributed by atoms with Gasteiger partial charge < -0.3 is 15.5 Å². The third-order valence-corrected chi connectivity index (χ3v) is 4.62. The molecule has 0 aliphatic carbocycles. The summed E-state index contributed by atoms with van der Waals surface area (Å²) in [6, 6.07) is 9.49. The number of carbonyl (C=O) groups excluding carboxylic acids is 1. The number of nitrogens with one attached hydrogen (secondary N) is 2. The van der Waals surface area contributed by atoms with Gasteiger partial charge in [0.2, 0.25) is 5.91 Å². The van der Waals surface area contributed by atoms with Crippen molar-refractivity contribution < 1.29 is 4.79 Å². The Kier molecular flexibility index (Phi) is 4.44. The Morgan fingerprint density at radius 1 is 1.43 bits per heavy atom. The lowest BCUT2D eigenvalue weighted by Gasteiger charge is -2.25. The summed E-state index contributed by atoms with van der Waals surface area (Å²) >= 11 is 0. The standard InChI is InChI=1S/C17H25N3O/c1-13-11-14-5-2-3-7-16(14)20(13)10-9-19-17(21)12-15-6-4-8-18-15/h2-3,5,7,13,15,18H,4,6,8-12H2,1H3,(H,19,21). The van der Waals surface area contributed by atoms with E-state index < -0.39 is 0 Å². The van der Waals surface area contributed by atoms with Crippen molar-refractivity contribution in [1.29, 1.82) is 0 Å². The molecule has 2 atom stereocenters. The minimum absolute atomic E-state index is 0.175. The second-order valence-electron chi connectivity index (χ2n) is 6.22. The molecule has 4 nitrogen and oxygen atoms in total. The van der Waals surface area contributed by atoms with Gasteiger partial charge in [0.05, 0.1) is 0 Å². The molecule has 2 unspecified atom stereocenters. The van der Waals surface area contributed by atoms with Gasteiger partial charge in [0, 0.05) is 37.3 Å². The Bertz CT molecular complexity index is 497. The van der Waals surface area contributed by atoms with E-state index in [1.165, 1.54) is 17.7 Å². The average Bonchev–Trinajstić information content (AvgIpc) is 3.07. The van der Waals surface area contributed by atoms with Gasteiger partial charge in [-0.3, -0.25) is 4.79 Å². The van der Waals surface area contributed by atoms with Gasteiger partial charge in [-0.2, -0.15) is 0 Å². The van der Waals surface area contributed by atoms with E-state index in [1.54, 1.807) is 0 Å². The first-order chi connectivity index (χ1) is 10.2. The molecular formula is C17H25N3O. The summed E-state index contributed by atoms with van der Waals surface area (Å²) in [5.74, 6) is 0.175. The molecule has 1 aromatic rings. The van der Waals surface area contributed by atoms with Crippen molar-refractivity contribution in [3.63, 3.8) is 0 Å². The molecule has 4 heteroatoms. The number of nitrogens with zero attached hydrogens (tertiary/aromatic N) is 1. The molecule has 2 aliphatic heterocycles. The molecule has 2 N–H and O–H groups in total. The zero-order valence-corrected chi connectivity index (χ0v) is 12.8. The minimum Gasteiger partial charge on any atom is -0.367 e. The molecule has 2 aliphatic rings. The number of rotatable bonds is 5.